The van der Waals surface area contributed by atoms with Gasteiger partial charge in [-0.3, -0.25) is 9.59 Å². The SMILES string of the molecule is CN(C)S(=O)(=O)c1ccc(N2CCOCC2)c(C(=O)N2CC(C(N)=O)Oc3ccccc32)c1. The zero-order valence-electron chi connectivity index (χ0n) is 18.4. The van der Waals surface area contributed by atoms with Crippen LogP contribution in [0.1, 0.15) is 10.4 Å². The quantitative estimate of drug-likeness (QED) is 0.676. The topological polar surface area (TPSA) is 122 Å². The first-order valence-electron chi connectivity index (χ1n) is 10.5. The van der Waals surface area contributed by atoms with Crippen LogP contribution in [-0.4, -0.2) is 77.6 Å². The molecule has 0 spiro atoms. The molecule has 4 rings (SSSR count). The number of carbonyl (C=O) groups is 2. The van der Waals surface area contributed by atoms with Gasteiger partial charge in [0.25, 0.3) is 11.8 Å². The minimum atomic E-state index is -3.78. The van der Waals surface area contributed by atoms with E-state index in [0.717, 1.165) is 4.31 Å². The average Bonchev–Trinajstić information content (AvgIpc) is 2.82. The van der Waals surface area contributed by atoms with Crippen molar-refractivity contribution in [1.82, 2.24) is 4.31 Å². The van der Waals surface area contributed by atoms with E-state index in [-0.39, 0.29) is 17.0 Å². The van der Waals surface area contributed by atoms with Gasteiger partial charge in [-0.05, 0) is 30.3 Å². The summed E-state index contributed by atoms with van der Waals surface area (Å²) in [6, 6.07) is 11.4. The Labute approximate surface area is 192 Å². The summed E-state index contributed by atoms with van der Waals surface area (Å²) < 4.78 is 37.8. The number of nitrogens with two attached hydrogens (primary N) is 1. The van der Waals surface area contributed by atoms with Crippen molar-refractivity contribution in [2.45, 2.75) is 11.0 Å². The molecule has 0 aromatic heterocycles. The van der Waals surface area contributed by atoms with E-state index < -0.39 is 27.9 Å². The van der Waals surface area contributed by atoms with Gasteiger partial charge in [0.2, 0.25) is 10.0 Å². The van der Waals surface area contributed by atoms with Crippen molar-refractivity contribution in [3.8, 4) is 5.75 Å². The van der Waals surface area contributed by atoms with Crippen LogP contribution in [-0.2, 0) is 19.6 Å². The Bertz CT molecular complexity index is 1180. The molecular formula is C22H26N4O6S. The molecular weight excluding hydrogens is 448 g/mol. The molecule has 2 amide bonds. The van der Waals surface area contributed by atoms with Gasteiger partial charge in [0.15, 0.2) is 6.10 Å². The zero-order chi connectivity index (χ0) is 23.8. The summed E-state index contributed by atoms with van der Waals surface area (Å²) in [6.07, 6.45) is -1.02. The molecule has 2 aliphatic heterocycles. The highest BCUT2D eigenvalue weighted by molar-refractivity contribution is 7.89. The van der Waals surface area contributed by atoms with Crippen LogP contribution < -0.4 is 20.3 Å². The maximum atomic E-state index is 13.9. The Morgan fingerprint density at radius 1 is 1.06 bits per heavy atom. The Kier molecular flexibility index (Phi) is 6.28. The lowest BCUT2D eigenvalue weighted by molar-refractivity contribution is -0.124. The van der Waals surface area contributed by atoms with Gasteiger partial charge in [0.05, 0.1) is 35.9 Å². The summed E-state index contributed by atoms with van der Waals surface area (Å²) in [5.41, 5.74) is 6.76. The molecule has 33 heavy (non-hydrogen) atoms. The van der Waals surface area contributed by atoms with Crippen LogP contribution in [0.3, 0.4) is 0 Å². The molecule has 1 unspecified atom stereocenters. The van der Waals surface area contributed by atoms with Crippen LogP contribution in [0.2, 0.25) is 0 Å². The Balaban J connectivity index is 1.83. The number of amides is 2. The number of benzene rings is 2. The molecule has 176 valence electrons. The summed E-state index contributed by atoms with van der Waals surface area (Å²) in [5, 5.41) is 0. The second kappa shape index (κ2) is 9.00. The van der Waals surface area contributed by atoms with Crippen molar-refractivity contribution in [3.05, 3.63) is 48.0 Å². The first kappa shape index (κ1) is 23.0. The fraction of sp³-hybridized carbons (Fsp3) is 0.364. The predicted octanol–water partition coefficient (Wildman–Crippen LogP) is 0.667. The molecule has 2 heterocycles. The molecule has 10 nitrogen and oxygen atoms in total. The molecule has 2 aromatic carbocycles. The summed E-state index contributed by atoms with van der Waals surface area (Å²) in [5.74, 6) is -0.792. The summed E-state index contributed by atoms with van der Waals surface area (Å²) in [6.45, 7) is 2.02. The molecule has 1 atom stereocenters. The van der Waals surface area contributed by atoms with Crippen molar-refractivity contribution in [2.75, 3.05) is 56.7 Å². The number of fused-ring (bicyclic) bond motifs is 1. The number of hydrogen-bond acceptors (Lipinski definition) is 7. The number of para-hydroxylation sites is 2. The highest BCUT2D eigenvalue weighted by Crippen LogP contribution is 2.36. The van der Waals surface area contributed by atoms with E-state index in [4.69, 9.17) is 15.2 Å². The number of nitrogens with zero attached hydrogens (tertiary/aromatic N) is 3. The molecule has 1 saturated heterocycles. The zero-order valence-corrected chi connectivity index (χ0v) is 19.2. The van der Waals surface area contributed by atoms with Crippen LogP contribution in [0.25, 0.3) is 0 Å². The Morgan fingerprint density at radius 3 is 2.42 bits per heavy atom. The summed E-state index contributed by atoms with van der Waals surface area (Å²) in [7, 11) is -0.909. The van der Waals surface area contributed by atoms with Gasteiger partial charge in [-0.2, -0.15) is 0 Å². The highest BCUT2D eigenvalue weighted by Gasteiger charge is 2.35. The molecule has 0 radical (unpaired) electrons. The van der Waals surface area contributed by atoms with Gasteiger partial charge in [-0.15, -0.1) is 0 Å². The minimum absolute atomic E-state index is 0.000792. The third-order valence-electron chi connectivity index (χ3n) is 5.66. The van der Waals surface area contributed by atoms with Crippen molar-refractivity contribution < 1.29 is 27.5 Å². The second-order valence-corrected chi connectivity index (χ2v) is 10.1. The number of hydrogen-bond donors (Lipinski definition) is 1. The van der Waals surface area contributed by atoms with Crippen LogP contribution in [0.5, 0.6) is 5.75 Å². The van der Waals surface area contributed by atoms with Crippen LogP contribution in [0.15, 0.2) is 47.4 Å². The number of primary amides is 1. The van der Waals surface area contributed by atoms with Gasteiger partial charge in [0, 0.05) is 32.9 Å². The third-order valence-corrected chi connectivity index (χ3v) is 7.48. The molecule has 11 heteroatoms. The fourth-order valence-corrected chi connectivity index (χ4v) is 4.79. The van der Waals surface area contributed by atoms with Gasteiger partial charge < -0.3 is 25.0 Å². The largest absolute Gasteiger partial charge is 0.477 e. The van der Waals surface area contributed by atoms with Crippen LogP contribution in [0.4, 0.5) is 11.4 Å². The van der Waals surface area contributed by atoms with Gasteiger partial charge in [-0.1, -0.05) is 12.1 Å². The van der Waals surface area contributed by atoms with Gasteiger partial charge in [-0.25, -0.2) is 12.7 Å². The third kappa shape index (κ3) is 4.39. The highest BCUT2D eigenvalue weighted by atomic mass is 32.2. The van der Waals surface area contributed by atoms with Crippen molar-refractivity contribution in [2.24, 2.45) is 5.73 Å². The van der Waals surface area contributed by atoms with E-state index in [1.807, 2.05) is 4.90 Å². The lowest BCUT2D eigenvalue weighted by Crippen LogP contribution is -2.49. The molecule has 2 aliphatic rings. The maximum Gasteiger partial charge on any atom is 0.260 e. The monoisotopic (exact) mass is 474 g/mol. The van der Waals surface area contributed by atoms with Crippen molar-refractivity contribution >= 4 is 33.2 Å². The molecule has 0 aliphatic carbocycles. The van der Waals surface area contributed by atoms with E-state index in [1.54, 1.807) is 30.3 Å². The van der Waals surface area contributed by atoms with E-state index in [0.29, 0.717) is 43.4 Å². The van der Waals surface area contributed by atoms with E-state index in [9.17, 15) is 18.0 Å². The first-order chi connectivity index (χ1) is 15.7. The fourth-order valence-electron chi connectivity index (χ4n) is 3.86. The average molecular weight is 475 g/mol. The van der Waals surface area contributed by atoms with Gasteiger partial charge >= 0.3 is 0 Å². The van der Waals surface area contributed by atoms with Crippen LogP contribution in [0, 0.1) is 0 Å². The van der Waals surface area contributed by atoms with E-state index in [2.05, 4.69) is 0 Å². The normalized spacial score (nSPS) is 18.6. The van der Waals surface area contributed by atoms with Crippen molar-refractivity contribution in [1.29, 1.82) is 0 Å². The predicted molar refractivity (Wildman–Crippen MR) is 122 cm³/mol. The van der Waals surface area contributed by atoms with Gasteiger partial charge in [0.1, 0.15) is 5.75 Å². The Hall–Kier alpha value is -3.15. The lowest BCUT2D eigenvalue weighted by Gasteiger charge is -2.35. The maximum absolute atomic E-state index is 13.9. The first-order valence-corrected chi connectivity index (χ1v) is 11.9. The molecule has 0 bridgehead atoms. The summed E-state index contributed by atoms with van der Waals surface area (Å²) in [4.78, 5) is 29.2. The number of rotatable bonds is 5. The lowest BCUT2D eigenvalue weighted by atomic mass is 10.1. The molecule has 1 fully saturated rings. The number of morpholine rings is 1. The van der Waals surface area contributed by atoms with E-state index in [1.165, 1.54) is 31.1 Å². The van der Waals surface area contributed by atoms with Crippen LogP contribution >= 0.6 is 0 Å². The standard InChI is InChI=1S/C22H26N4O6S/c1-24(2)33(29,30)15-7-8-17(25-9-11-31-12-10-25)16(13-15)22(28)26-14-20(21(23)27)32-19-6-4-3-5-18(19)26/h3-8,13,20H,9-12,14H2,1-2H3,(H2,23,27). The molecule has 2 aromatic rings. The smallest absolute Gasteiger partial charge is 0.260 e. The number of ether oxygens (including phenoxy) is 2. The van der Waals surface area contributed by atoms with E-state index >= 15 is 0 Å². The molecule has 0 saturated carbocycles. The van der Waals surface area contributed by atoms with Crippen molar-refractivity contribution in [3.63, 3.8) is 0 Å². The molecule has 2 N–H and O–H groups in total. The summed E-state index contributed by atoms with van der Waals surface area (Å²) >= 11 is 0. The number of anilines is 2. The minimum Gasteiger partial charge on any atom is -0.477 e. The second-order valence-electron chi connectivity index (χ2n) is 7.96. The number of sulfonamides is 1. The Morgan fingerprint density at radius 2 is 1.76 bits per heavy atom. The number of carbonyl (C=O) groups excluding carboxylic acids is 2.